The quantitative estimate of drug-likeness (QED) is 0.398. The van der Waals surface area contributed by atoms with Gasteiger partial charge in [0.2, 0.25) is 10.0 Å². The third kappa shape index (κ3) is 7.45. The van der Waals surface area contributed by atoms with Crippen molar-refractivity contribution in [3.05, 3.63) is 77.6 Å². The van der Waals surface area contributed by atoms with Gasteiger partial charge in [0.25, 0.3) is 11.8 Å². The summed E-state index contributed by atoms with van der Waals surface area (Å²) >= 11 is 0. The number of nitrogens with zero attached hydrogens (tertiary/aromatic N) is 3. The third-order valence-electron chi connectivity index (χ3n) is 6.96. The van der Waals surface area contributed by atoms with Gasteiger partial charge in [-0.15, -0.1) is 0 Å². The number of rotatable bonds is 7. The number of hydrogen-bond donors (Lipinski definition) is 1. The fourth-order valence-corrected chi connectivity index (χ4v) is 5.08. The van der Waals surface area contributed by atoms with Gasteiger partial charge in [-0.1, -0.05) is 0 Å². The number of piperazine rings is 1. The number of nitrogens with one attached hydrogen (secondary N) is 1. The maximum Gasteiger partial charge on any atom is 0.416 e. The summed E-state index contributed by atoms with van der Waals surface area (Å²) in [6.45, 7) is 7.94. The number of halogens is 3. The molecule has 2 heterocycles. The molecule has 1 aliphatic heterocycles. The highest BCUT2D eigenvalue weighted by molar-refractivity contribution is 7.91. The Kier molecular flexibility index (Phi) is 9.05. The maximum atomic E-state index is 13.8. The van der Waals surface area contributed by atoms with E-state index in [1.165, 1.54) is 56.3 Å². The Bertz CT molecular complexity index is 1600. The number of amides is 2. The van der Waals surface area contributed by atoms with Crippen molar-refractivity contribution in [3.63, 3.8) is 0 Å². The van der Waals surface area contributed by atoms with Crippen molar-refractivity contribution >= 4 is 27.5 Å². The molecule has 3 aromatic rings. The van der Waals surface area contributed by atoms with Crippen LogP contribution < -0.4 is 14.4 Å². The molecule has 0 aliphatic carbocycles. The number of alkyl halides is 3. The molecular weight excluding hydrogens is 585 g/mol. The average Bonchev–Trinajstić information content (AvgIpc) is 2.96. The second-order valence-corrected chi connectivity index (χ2v) is 13.4. The minimum Gasteiger partial charge on any atom is -0.492 e. The second kappa shape index (κ2) is 12.2. The lowest BCUT2D eigenvalue weighted by molar-refractivity contribution is -0.137. The van der Waals surface area contributed by atoms with Crippen molar-refractivity contribution in [1.82, 2.24) is 14.6 Å². The number of sulfonamides is 1. The van der Waals surface area contributed by atoms with Gasteiger partial charge in [-0.2, -0.15) is 13.2 Å². The summed E-state index contributed by atoms with van der Waals surface area (Å²) in [5.41, 5.74) is 0.501. The summed E-state index contributed by atoms with van der Waals surface area (Å²) in [5, 5.41) is 0. The minimum absolute atomic E-state index is 0.0827. The summed E-state index contributed by atoms with van der Waals surface area (Å²) in [6, 6.07) is 11.3. The highest BCUT2D eigenvalue weighted by Gasteiger charge is 2.33. The molecule has 0 bridgehead atoms. The average molecular weight is 619 g/mol. The van der Waals surface area contributed by atoms with Crippen LogP contribution in [0.5, 0.6) is 5.75 Å². The van der Waals surface area contributed by atoms with E-state index in [0.717, 1.165) is 17.8 Å². The molecule has 9 nitrogen and oxygen atoms in total. The zero-order valence-corrected chi connectivity index (χ0v) is 25.1. The lowest BCUT2D eigenvalue weighted by Gasteiger charge is -2.36. The first-order valence-electron chi connectivity index (χ1n) is 13.6. The lowest BCUT2D eigenvalue weighted by Crippen LogP contribution is -2.48. The standard InChI is InChI=1S/C30H33F3N4O5S/c1-5-42-26-17-23(18-34-19-26)21-14-22(16-24(15-21)30(31,32)33)28(39)37-12-10-36(11-13-37)25-8-6-20(7-9-25)27(38)35-43(40,41)29(2,3)4/h6-9,14-19H,5,10-13H2,1-4H3,(H,35,38). The van der Waals surface area contributed by atoms with Crippen LogP contribution in [0.2, 0.25) is 0 Å². The van der Waals surface area contributed by atoms with Gasteiger partial charge in [-0.05, 0) is 81.8 Å². The van der Waals surface area contributed by atoms with Crippen LogP contribution in [0.1, 0.15) is 54.0 Å². The summed E-state index contributed by atoms with van der Waals surface area (Å²) in [4.78, 5) is 33.4. The van der Waals surface area contributed by atoms with Crippen molar-refractivity contribution in [1.29, 1.82) is 0 Å². The van der Waals surface area contributed by atoms with E-state index in [4.69, 9.17) is 4.74 Å². The van der Waals surface area contributed by atoms with Crippen molar-refractivity contribution < 1.29 is 35.9 Å². The molecule has 13 heteroatoms. The first-order chi connectivity index (χ1) is 20.1. The Balaban J connectivity index is 1.47. The zero-order valence-electron chi connectivity index (χ0n) is 24.2. The minimum atomic E-state index is -4.66. The molecule has 0 atom stereocenters. The lowest BCUT2D eigenvalue weighted by atomic mass is 9.99. The van der Waals surface area contributed by atoms with E-state index in [-0.39, 0.29) is 29.8 Å². The van der Waals surface area contributed by atoms with Gasteiger partial charge in [0.15, 0.2) is 0 Å². The number of carbonyl (C=O) groups excluding carboxylic acids is 2. The largest absolute Gasteiger partial charge is 0.492 e. The Labute approximate surface area is 248 Å². The molecule has 1 fully saturated rings. The predicted molar refractivity (Wildman–Crippen MR) is 157 cm³/mol. The first-order valence-corrected chi connectivity index (χ1v) is 15.1. The molecular formula is C30H33F3N4O5S. The molecule has 1 N–H and O–H groups in total. The molecule has 0 radical (unpaired) electrons. The number of benzene rings is 2. The predicted octanol–water partition coefficient (Wildman–Crippen LogP) is 4.99. The number of pyridine rings is 1. The van der Waals surface area contributed by atoms with Gasteiger partial charge in [0, 0.05) is 54.8 Å². The van der Waals surface area contributed by atoms with Crippen LogP contribution in [-0.2, 0) is 16.2 Å². The normalized spacial score (nSPS) is 14.4. The van der Waals surface area contributed by atoms with Crippen molar-refractivity contribution in [2.45, 2.75) is 38.6 Å². The molecule has 1 aromatic heterocycles. The van der Waals surface area contributed by atoms with E-state index in [1.807, 2.05) is 4.90 Å². The molecule has 0 saturated carbocycles. The second-order valence-electron chi connectivity index (χ2n) is 11.0. The molecule has 230 valence electrons. The number of ether oxygens (including phenoxy) is 1. The Morgan fingerprint density at radius 2 is 1.56 bits per heavy atom. The van der Waals surface area contributed by atoms with E-state index in [1.54, 1.807) is 25.1 Å². The van der Waals surface area contributed by atoms with Gasteiger partial charge < -0.3 is 14.5 Å². The highest BCUT2D eigenvalue weighted by Crippen LogP contribution is 2.34. The molecule has 43 heavy (non-hydrogen) atoms. The van der Waals surface area contributed by atoms with Gasteiger partial charge in [0.05, 0.1) is 23.1 Å². The van der Waals surface area contributed by atoms with E-state index in [0.29, 0.717) is 31.0 Å². The summed E-state index contributed by atoms with van der Waals surface area (Å²) in [7, 11) is -3.87. The number of carbonyl (C=O) groups is 2. The Morgan fingerprint density at radius 3 is 2.14 bits per heavy atom. The topological polar surface area (TPSA) is 109 Å². The van der Waals surface area contributed by atoms with Crippen LogP contribution in [-0.4, -0.2) is 67.6 Å². The van der Waals surface area contributed by atoms with Gasteiger partial charge >= 0.3 is 6.18 Å². The van der Waals surface area contributed by atoms with Crippen LogP contribution in [0.15, 0.2) is 60.9 Å². The van der Waals surface area contributed by atoms with Crippen molar-refractivity contribution in [2.75, 3.05) is 37.7 Å². The Hall–Kier alpha value is -4.13. The van der Waals surface area contributed by atoms with Crippen LogP contribution in [0.25, 0.3) is 11.1 Å². The number of hydrogen-bond acceptors (Lipinski definition) is 7. The van der Waals surface area contributed by atoms with E-state index in [2.05, 4.69) is 9.71 Å². The number of aromatic nitrogens is 1. The van der Waals surface area contributed by atoms with Crippen LogP contribution in [0, 0.1) is 0 Å². The van der Waals surface area contributed by atoms with Gasteiger partial charge in [-0.25, -0.2) is 13.1 Å². The highest BCUT2D eigenvalue weighted by atomic mass is 32.2. The smallest absolute Gasteiger partial charge is 0.416 e. The molecule has 1 aliphatic rings. The van der Waals surface area contributed by atoms with Gasteiger partial charge in [0.1, 0.15) is 5.75 Å². The molecule has 0 spiro atoms. The monoisotopic (exact) mass is 618 g/mol. The fraction of sp³-hybridized carbons (Fsp3) is 0.367. The maximum absolute atomic E-state index is 13.8. The molecule has 4 rings (SSSR count). The van der Waals surface area contributed by atoms with Crippen LogP contribution in [0.4, 0.5) is 18.9 Å². The van der Waals surface area contributed by atoms with Crippen molar-refractivity contribution in [3.8, 4) is 16.9 Å². The van der Waals surface area contributed by atoms with Crippen LogP contribution in [0.3, 0.4) is 0 Å². The van der Waals surface area contributed by atoms with E-state index < -0.39 is 38.3 Å². The van der Waals surface area contributed by atoms with E-state index in [9.17, 15) is 31.2 Å². The molecule has 2 aromatic carbocycles. The fourth-order valence-electron chi connectivity index (χ4n) is 4.41. The molecule has 0 unspecified atom stereocenters. The van der Waals surface area contributed by atoms with Crippen molar-refractivity contribution in [2.24, 2.45) is 0 Å². The summed E-state index contributed by atoms with van der Waals surface area (Å²) in [6.07, 6.45) is -1.77. The zero-order chi connectivity index (χ0) is 31.6. The molecule has 1 saturated heterocycles. The van der Waals surface area contributed by atoms with E-state index >= 15 is 0 Å². The molecule has 2 amide bonds. The summed E-state index contributed by atoms with van der Waals surface area (Å²) in [5.74, 6) is -0.851. The number of anilines is 1. The SMILES string of the molecule is CCOc1cncc(-c2cc(C(=O)N3CCN(c4ccc(C(=O)NS(=O)(=O)C(C)(C)C)cc4)CC3)cc(C(F)(F)F)c2)c1. The summed E-state index contributed by atoms with van der Waals surface area (Å²) < 4.78 is 72.3. The van der Waals surface area contributed by atoms with Crippen LogP contribution >= 0.6 is 0 Å². The first kappa shape index (κ1) is 31.8. The Morgan fingerprint density at radius 1 is 0.907 bits per heavy atom. The van der Waals surface area contributed by atoms with Gasteiger partial charge in [-0.3, -0.25) is 14.6 Å². The third-order valence-corrected chi connectivity index (χ3v) is 9.03.